The molecule has 6 heteroatoms. The minimum Gasteiger partial charge on any atom is -0.338 e. The second kappa shape index (κ2) is 7.34. The molecule has 6 nitrogen and oxygen atoms in total. The Hall–Kier alpha value is -2.76. The van der Waals surface area contributed by atoms with Crippen LogP contribution in [0, 0.1) is 5.92 Å². The Kier molecular flexibility index (Phi) is 4.55. The van der Waals surface area contributed by atoms with Crippen molar-refractivity contribution in [2.24, 2.45) is 5.92 Å². The third kappa shape index (κ3) is 3.17. The largest absolute Gasteiger partial charge is 0.338 e. The van der Waals surface area contributed by atoms with Gasteiger partial charge in [0, 0.05) is 50.3 Å². The summed E-state index contributed by atoms with van der Waals surface area (Å²) in [5, 5.41) is 0. The van der Waals surface area contributed by atoms with Gasteiger partial charge in [-0.2, -0.15) is 0 Å². The number of nitrogens with zero attached hydrogens (tertiary/aromatic N) is 5. The summed E-state index contributed by atoms with van der Waals surface area (Å²) in [6.45, 7) is 2.57. The Morgan fingerprint density at radius 2 is 1.93 bits per heavy atom. The number of piperidine rings is 1. The number of carbonyl (C=O) groups is 1. The fourth-order valence-electron chi connectivity index (χ4n) is 4.50. The molecule has 1 atom stereocenters. The monoisotopic (exact) mass is 375 g/mol. The molecule has 0 radical (unpaired) electrons. The molecule has 1 saturated heterocycles. The molecule has 0 spiro atoms. The molecule has 2 fully saturated rings. The van der Waals surface area contributed by atoms with Gasteiger partial charge in [-0.3, -0.25) is 14.8 Å². The van der Waals surface area contributed by atoms with Gasteiger partial charge in [-0.1, -0.05) is 12.5 Å². The lowest BCUT2D eigenvalue weighted by molar-refractivity contribution is 0.0704. The molecule has 1 aliphatic carbocycles. The van der Waals surface area contributed by atoms with E-state index in [1.54, 1.807) is 12.4 Å². The van der Waals surface area contributed by atoms with Gasteiger partial charge in [-0.15, -0.1) is 0 Å². The topological polar surface area (TPSA) is 63.9 Å². The Balaban J connectivity index is 1.37. The molecule has 3 heterocycles. The van der Waals surface area contributed by atoms with Crippen LogP contribution in [-0.2, 0) is 6.54 Å². The van der Waals surface area contributed by atoms with E-state index in [0.717, 1.165) is 49.7 Å². The molecule has 1 aromatic carbocycles. The second-order valence-corrected chi connectivity index (χ2v) is 8.05. The number of aromatic nitrogens is 4. The summed E-state index contributed by atoms with van der Waals surface area (Å²) in [6, 6.07) is 5.65. The maximum atomic E-state index is 13.3. The molecule has 0 unspecified atom stereocenters. The van der Waals surface area contributed by atoms with E-state index in [-0.39, 0.29) is 5.91 Å². The molecule has 144 valence electrons. The molecule has 0 N–H and O–H groups in total. The number of hydrogen-bond donors (Lipinski definition) is 0. The predicted octanol–water partition coefficient (Wildman–Crippen LogP) is 3.65. The first-order valence-corrected chi connectivity index (χ1v) is 10.3. The summed E-state index contributed by atoms with van der Waals surface area (Å²) in [4.78, 5) is 28.7. The van der Waals surface area contributed by atoms with E-state index in [1.807, 2.05) is 29.3 Å². The van der Waals surface area contributed by atoms with Gasteiger partial charge in [0.2, 0.25) is 0 Å². The van der Waals surface area contributed by atoms with Gasteiger partial charge in [-0.05, 0) is 43.7 Å². The van der Waals surface area contributed by atoms with Crippen LogP contribution in [0.25, 0.3) is 11.0 Å². The van der Waals surface area contributed by atoms with Crippen molar-refractivity contribution >= 4 is 16.9 Å². The van der Waals surface area contributed by atoms with Crippen LogP contribution in [0.2, 0.25) is 0 Å². The normalized spacial score (nSPS) is 20.3. The fourth-order valence-corrected chi connectivity index (χ4v) is 4.50. The van der Waals surface area contributed by atoms with E-state index in [9.17, 15) is 4.79 Å². The fraction of sp³-hybridized carbons (Fsp3) is 0.455. The summed E-state index contributed by atoms with van der Waals surface area (Å²) < 4.78 is 2.33. The van der Waals surface area contributed by atoms with Crippen molar-refractivity contribution < 1.29 is 4.79 Å². The van der Waals surface area contributed by atoms with Crippen LogP contribution < -0.4 is 0 Å². The molecule has 0 bridgehead atoms. The van der Waals surface area contributed by atoms with E-state index < -0.39 is 0 Å². The van der Waals surface area contributed by atoms with Crippen LogP contribution in [0.15, 0.2) is 43.0 Å². The lowest BCUT2D eigenvalue weighted by Gasteiger charge is -2.34. The number of imidazole rings is 1. The molecule has 1 aliphatic heterocycles. The van der Waals surface area contributed by atoms with E-state index in [0.29, 0.717) is 17.0 Å². The van der Waals surface area contributed by atoms with Gasteiger partial charge in [0.05, 0.1) is 11.1 Å². The summed E-state index contributed by atoms with van der Waals surface area (Å²) >= 11 is 0. The first-order valence-electron chi connectivity index (χ1n) is 10.3. The van der Waals surface area contributed by atoms with Crippen LogP contribution >= 0.6 is 0 Å². The van der Waals surface area contributed by atoms with Crippen molar-refractivity contribution in [1.82, 2.24) is 24.4 Å². The zero-order valence-electron chi connectivity index (χ0n) is 16.0. The van der Waals surface area contributed by atoms with E-state index in [4.69, 9.17) is 0 Å². The Morgan fingerprint density at radius 3 is 2.79 bits per heavy atom. The highest BCUT2D eigenvalue weighted by Gasteiger charge is 2.29. The molecule has 28 heavy (non-hydrogen) atoms. The summed E-state index contributed by atoms with van der Waals surface area (Å²) in [5.41, 5.74) is 2.09. The quantitative estimate of drug-likeness (QED) is 0.698. The number of hydrogen-bond acceptors (Lipinski definition) is 4. The average molecular weight is 375 g/mol. The van der Waals surface area contributed by atoms with Crippen molar-refractivity contribution in [1.29, 1.82) is 0 Å². The van der Waals surface area contributed by atoms with Crippen molar-refractivity contribution in [2.45, 2.75) is 44.6 Å². The van der Waals surface area contributed by atoms with Gasteiger partial charge in [0.1, 0.15) is 11.3 Å². The van der Waals surface area contributed by atoms with Gasteiger partial charge >= 0.3 is 0 Å². The van der Waals surface area contributed by atoms with Gasteiger partial charge < -0.3 is 9.47 Å². The van der Waals surface area contributed by atoms with Crippen molar-refractivity contribution in [3.8, 4) is 0 Å². The molecule has 3 aromatic rings. The Bertz CT molecular complexity index is 988. The first kappa shape index (κ1) is 17.3. The van der Waals surface area contributed by atoms with Crippen LogP contribution in [0.1, 0.15) is 54.2 Å². The lowest BCUT2D eigenvalue weighted by Crippen LogP contribution is -2.40. The van der Waals surface area contributed by atoms with Crippen molar-refractivity contribution in [2.75, 3.05) is 13.1 Å². The Labute approximate surface area is 164 Å². The summed E-state index contributed by atoms with van der Waals surface area (Å²) in [7, 11) is 0. The average Bonchev–Trinajstić information content (AvgIpc) is 3.18. The molecule has 2 aliphatic rings. The highest BCUT2D eigenvalue weighted by molar-refractivity contribution is 6.04. The zero-order valence-corrected chi connectivity index (χ0v) is 16.0. The SMILES string of the molecule is O=C(c1cccc2nccnc12)N1CCC[C@H](c2nccn2CC2CCC2)C1. The van der Waals surface area contributed by atoms with Gasteiger partial charge in [0.25, 0.3) is 5.91 Å². The second-order valence-electron chi connectivity index (χ2n) is 8.05. The van der Waals surface area contributed by atoms with Crippen molar-refractivity contribution in [3.05, 3.63) is 54.4 Å². The third-order valence-corrected chi connectivity index (χ3v) is 6.23. The number of likely N-dealkylation sites (tertiary alicyclic amines) is 1. The zero-order chi connectivity index (χ0) is 18.9. The number of rotatable bonds is 4. The highest BCUT2D eigenvalue weighted by Crippen LogP contribution is 2.31. The molecule has 2 aromatic heterocycles. The van der Waals surface area contributed by atoms with Gasteiger partial charge in [-0.25, -0.2) is 4.98 Å². The van der Waals surface area contributed by atoms with Crippen molar-refractivity contribution in [3.63, 3.8) is 0 Å². The smallest absolute Gasteiger partial charge is 0.256 e. The van der Waals surface area contributed by atoms with E-state index in [1.165, 1.54) is 19.3 Å². The molecule has 5 rings (SSSR count). The minimum atomic E-state index is 0.0490. The van der Waals surface area contributed by atoms with Gasteiger partial charge in [0.15, 0.2) is 0 Å². The lowest BCUT2D eigenvalue weighted by atomic mass is 9.85. The number of fused-ring (bicyclic) bond motifs is 1. The van der Waals surface area contributed by atoms with Crippen LogP contribution in [-0.4, -0.2) is 43.4 Å². The maximum Gasteiger partial charge on any atom is 0.256 e. The van der Waals surface area contributed by atoms with Crippen LogP contribution in [0.5, 0.6) is 0 Å². The molecule has 1 amide bonds. The van der Waals surface area contributed by atoms with Crippen LogP contribution in [0.4, 0.5) is 0 Å². The third-order valence-electron chi connectivity index (χ3n) is 6.23. The number of carbonyl (C=O) groups excluding carboxylic acids is 1. The highest BCUT2D eigenvalue weighted by atomic mass is 16.2. The van der Waals surface area contributed by atoms with E-state index >= 15 is 0 Å². The first-order chi connectivity index (χ1) is 13.8. The minimum absolute atomic E-state index is 0.0490. The van der Waals surface area contributed by atoms with E-state index in [2.05, 4.69) is 25.7 Å². The maximum absolute atomic E-state index is 13.3. The van der Waals surface area contributed by atoms with Crippen LogP contribution in [0.3, 0.4) is 0 Å². The summed E-state index contributed by atoms with van der Waals surface area (Å²) in [5.74, 6) is 2.28. The molecular formula is C22H25N5O. The number of para-hydroxylation sites is 1. The predicted molar refractivity (Wildman–Crippen MR) is 107 cm³/mol. The number of benzene rings is 1. The molecule has 1 saturated carbocycles. The number of amides is 1. The standard InChI is InChI=1S/C22H25N5O/c28-22(18-7-2-8-19-20(18)24-10-9-23-19)27-12-3-6-17(15-27)21-25-11-13-26(21)14-16-4-1-5-16/h2,7-11,13,16-17H,1,3-6,12,14-15H2/t17-/m0/s1. The Morgan fingerprint density at radius 1 is 1.04 bits per heavy atom. The summed E-state index contributed by atoms with van der Waals surface area (Å²) in [6.07, 6.45) is 13.4. The molecular weight excluding hydrogens is 350 g/mol.